The van der Waals surface area contributed by atoms with Gasteiger partial charge in [-0.1, -0.05) is 0 Å². The van der Waals surface area contributed by atoms with E-state index in [2.05, 4.69) is 15.1 Å². The number of hydrogen-bond acceptors (Lipinski definition) is 3. The van der Waals surface area contributed by atoms with Crippen LogP contribution in [0.15, 0.2) is 0 Å². The van der Waals surface area contributed by atoms with Gasteiger partial charge in [0.2, 0.25) is 0 Å². The monoisotopic (exact) mass is 296 g/mol. The topological polar surface area (TPSA) is 32.5 Å². The van der Waals surface area contributed by atoms with Crippen molar-refractivity contribution in [1.82, 2.24) is 8.01 Å². The minimum atomic E-state index is -0.141. The van der Waals surface area contributed by atoms with Crippen LogP contribution in [0.2, 0.25) is 0 Å². The Balaban J connectivity index is 1.92. The number of hydrogen-bond donors (Lipinski definition) is 1. The Kier molecular flexibility index (Phi) is 3.12. The van der Waals surface area contributed by atoms with Crippen molar-refractivity contribution in [2.45, 2.75) is 19.3 Å². The van der Waals surface area contributed by atoms with E-state index in [9.17, 15) is 0 Å². The molecule has 2 aliphatic rings. The molecule has 0 atom stereocenters. The van der Waals surface area contributed by atoms with Crippen molar-refractivity contribution in [2.75, 3.05) is 33.2 Å². The predicted octanol–water partition coefficient (Wildman–Crippen LogP) is -2.72. The molecule has 4 heteroatoms. The second kappa shape index (κ2) is 4.00. The summed E-state index contributed by atoms with van der Waals surface area (Å²) in [4.78, 5) is 2.45. The summed E-state index contributed by atoms with van der Waals surface area (Å²) < 4.78 is 8.28. The van der Waals surface area contributed by atoms with Gasteiger partial charge >= 0.3 is 91.6 Å². The van der Waals surface area contributed by atoms with E-state index < -0.39 is 0 Å². The van der Waals surface area contributed by atoms with E-state index >= 15 is 0 Å². The average Bonchev–Trinajstić information content (AvgIpc) is 2.55. The molecule has 2 N–H and O–H groups in total. The molecule has 0 aromatic rings. The molecule has 0 bridgehead atoms. The van der Waals surface area contributed by atoms with Gasteiger partial charge in [-0.15, -0.1) is 0 Å². The normalized spacial score (nSPS) is 30.3. The summed E-state index contributed by atoms with van der Waals surface area (Å²) >= 11 is -0.141. The predicted molar refractivity (Wildman–Crippen MR) is 49.5 cm³/mol. The van der Waals surface area contributed by atoms with Crippen molar-refractivity contribution >= 4 is 0 Å². The molecular weight excluding hydrogens is 277 g/mol. The molecule has 2 saturated heterocycles. The van der Waals surface area contributed by atoms with E-state index in [0.717, 1.165) is 0 Å². The maximum atomic E-state index is 5.78. The molecule has 2 heterocycles. The number of rotatable bonds is 1. The van der Waals surface area contributed by atoms with E-state index in [1.54, 1.807) is 0 Å². The molecule has 78 valence electrons. The van der Waals surface area contributed by atoms with Gasteiger partial charge in [0.05, 0.1) is 0 Å². The second-order valence-electron chi connectivity index (χ2n) is 4.50. The summed E-state index contributed by atoms with van der Waals surface area (Å²) in [6, 6.07) is 0. The summed E-state index contributed by atoms with van der Waals surface area (Å²) in [5.41, 5.74) is 0.658. The Morgan fingerprint density at radius 3 is 2.31 bits per heavy atom. The molecule has 0 aliphatic carbocycles. The van der Waals surface area contributed by atoms with Crippen LogP contribution in [0.1, 0.15) is 19.3 Å². The zero-order chi connectivity index (χ0) is 9.31. The Hall–Kier alpha value is 0.610. The van der Waals surface area contributed by atoms with Crippen LogP contribution < -0.4 is 25.7 Å². The third-order valence-electron chi connectivity index (χ3n) is 3.58. The van der Waals surface area contributed by atoms with Crippen molar-refractivity contribution in [1.29, 1.82) is 0 Å². The summed E-state index contributed by atoms with van der Waals surface area (Å²) in [6.45, 7) is 5.14. The first kappa shape index (κ1) is 10.1. The molecule has 0 aromatic heterocycles. The number of piperidine rings is 1. The van der Waals surface area contributed by atoms with Gasteiger partial charge in [-0.2, -0.15) is 0 Å². The molecule has 3 nitrogen and oxygen atoms in total. The standard InChI is InChI=1S/C9H19IN3/c1-12-5-2-9(3-6-12)4-7-13(8-9)10-11/h2-8,11H2,1H3/q-1. The molecule has 2 rings (SSSR count). The summed E-state index contributed by atoms with van der Waals surface area (Å²) in [5.74, 6) is 0. The maximum absolute atomic E-state index is 5.78. The summed E-state index contributed by atoms with van der Waals surface area (Å²) in [5, 5.41) is 0. The van der Waals surface area contributed by atoms with Crippen molar-refractivity contribution in [3.8, 4) is 0 Å². The van der Waals surface area contributed by atoms with E-state index in [4.69, 9.17) is 3.95 Å². The van der Waals surface area contributed by atoms with Crippen LogP contribution in [0, 0.1) is 5.41 Å². The van der Waals surface area contributed by atoms with Gasteiger partial charge in [-0.25, -0.2) is 0 Å². The third kappa shape index (κ3) is 2.16. The van der Waals surface area contributed by atoms with E-state index in [-0.39, 0.29) is 21.8 Å². The molecule has 0 unspecified atom stereocenters. The van der Waals surface area contributed by atoms with Crippen LogP contribution >= 0.6 is 0 Å². The van der Waals surface area contributed by atoms with Crippen LogP contribution in [0.5, 0.6) is 0 Å². The van der Waals surface area contributed by atoms with Gasteiger partial charge in [0, 0.05) is 0 Å². The third-order valence-corrected chi connectivity index (χ3v) is 5.19. The zero-order valence-electron chi connectivity index (χ0n) is 8.30. The van der Waals surface area contributed by atoms with Crippen LogP contribution in [-0.2, 0) is 0 Å². The fourth-order valence-corrected chi connectivity index (χ4v) is 3.91. The molecule has 0 saturated carbocycles. The second-order valence-corrected chi connectivity index (χ2v) is 6.42. The van der Waals surface area contributed by atoms with Crippen molar-refractivity contribution in [3.05, 3.63) is 0 Å². The summed E-state index contributed by atoms with van der Waals surface area (Å²) in [6.07, 6.45) is 4.19. The van der Waals surface area contributed by atoms with Crippen LogP contribution in [0.25, 0.3) is 0 Å². The fourth-order valence-electron chi connectivity index (χ4n) is 2.46. The quantitative estimate of drug-likeness (QED) is 0.422. The number of nitrogens with zero attached hydrogens (tertiary/aromatic N) is 2. The van der Waals surface area contributed by atoms with Crippen molar-refractivity contribution in [2.24, 2.45) is 9.36 Å². The molecule has 0 aromatic carbocycles. The Morgan fingerprint density at radius 2 is 1.77 bits per heavy atom. The molecule has 2 fully saturated rings. The molecule has 2 aliphatic heterocycles. The molecule has 13 heavy (non-hydrogen) atoms. The first-order chi connectivity index (χ1) is 6.24. The number of halogens is 1. The Morgan fingerprint density at radius 1 is 1.15 bits per heavy atom. The average molecular weight is 296 g/mol. The van der Waals surface area contributed by atoms with Gasteiger partial charge < -0.3 is 0 Å². The van der Waals surface area contributed by atoms with E-state index in [0.29, 0.717) is 5.41 Å². The number of likely N-dealkylation sites (tertiary alicyclic amines) is 1. The van der Waals surface area contributed by atoms with Gasteiger partial charge in [-0.05, 0) is 0 Å². The van der Waals surface area contributed by atoms with Crippen LogP contribution in [0.3, 0.4) is 0 Å². The fraction of sp³-hybridized carbons (Fsp3) is 1.00. The Labute approximate surface area is 91.6 Å². The SMILES string of the molecule is CN1CCC2(CC1)CCN([I-]N)C2. The molecule has 1 spiro atoms. The molecule has 0 radical (unpaired) electrons. The van der Waals surface area contributed by atoms with Crippen molar-refractivity contribution < 1.29 is 21.8 Å². The zero-order valence-corrected chi connectivity index (χ0v) is 10.5. The van der Waals surface area contributed by atoms with Gasteiger partial charge in [0.25, 0.3) is 0 Å². The summed E-state index contributed by atoms with van der Waals surface area (Å²) in [7, 11) is 2.23. The van der Waals surface area contributed by atoms with Crippen LogP contribution in [0.4, 0.5) is 0 Å². The minimum absolute atomic E-state index is 0.141. The first-order valence-corrected chi connectivity index (χ1v) is 7.22. The van der Waals surface area contributed by atoms with Crippen molar-refractivity contribution in [3.63, 3.8) is 0 Å². The van der Waals surface area contributed by atoms with Gasteiger partial charge in [-0.3, -0.25) is 0 Å². The van der Waals surface area contributed by atoms with Gasteiger partial charge in [0.15, 0.2) is 0 Å². The van der Waals surface area contributed by atoms with E-state index in [1.165, 1.54) is 45.4 Å². The molecular formula is C9H19IN3-. The molecule has 0 amide bonds. The van der Waals surface area contributed by atoms with Gasteiger partial charge in [0.1, 0.15) is 0 Å². The van der Waals surface area contributed by atoms with Crippen LogP contribution in [-0.4, -0.2) is 41.2 Å². The van der Waals surface area contributed by atoms with E-state index in [1.807, 2.05) is 0 Å². The number of nitrogens with two attached hydrogens (primary N) is 1. The first-order valence-electron chi connectivity index (χ1n) is 5.01. The Bertz CT molecular complexity index is 178.